The van der Waals surface area contributed by atoms with Crippen molar-refractivity contribution in [3.8, 4) is 0 Å². The summed E-state index contributed by atoms with van der Waals surface area (Å²) in [6, 6.07) is 9.78. The summed E-state index contributed by atoms with van der Waals surface area (Å²) >= 11 is 0. The molecule has 4 fully saturated rings. The second kappa shape index (κ2) is 47.6. The first-order valence-corrected chi connectivity index (χ1v) is 42.5. The molecule has 4 aliphatic rings. The van der Waals surface area contributed by atoms with E-state index in [2.05, 4.69) is 16.0 Å². The van der Waals surface area contributed by atoms with Crippen molar-refractivity contribution in [2.75, 3.05) is 74.7 Å². The SMILES string of the molecule is COC(=O)[C@@]1(OC[C@H]2O[C@@H](O[C@H]3[C@@H](OC(C)=O)[C@@H](COC(C)=O)O[C@@H](OCC[Si](C)(C)C)[C@@H]3OC(=O)c3ccccc3)[C@H](NC(C)=O)[C@@H](O[C@]3(C(=O)OC)C[C@H](OC(C)=O)[C@@H](NC(=O)COC(C)=O)[C@H]([C@H](OC(C)=O)[C@@H](COC(C)=O)OC)O3)[C@H]2OCc2ccccc2)C[C@H](OC(C)=O)[C@@H](NC(=O)COC(C)=O)[C@H]([C@H](OC(C)=O)[C@@H](COC(C)=O)OC)O1. The van der Waals surface area contributed by atoms with Gasteiger partial charge in [0.25, 0.3) is 23.4 Å². The Labute approximate surface area is 708 Å². The Morgan fingerprint density at radius 3 is 1.36 bits per heavy atom. The van der Waals surface area contributed by atoms with Gasteiger partial charge in [0, 0.05) is 105 Å². The van der Waals surface area contributed by atoms with Crippen LogP contribution in [0.5, 0.6) is 0 Å². The summed E-state index contributed by atoms with van der Waals surface area (Å²) in [6.45, 7) is 10.3. The van der Waals surface area contributed by atoms with E-state index >= 15 is 9.59 Å². The quantitative estimate of drug-likeness (QED) is 0.0467. The molecule has 0 aromatic heterocycles. The van der Waals surface area contributed by atoms with Gasteiger partial charge in [0.05, 0.1) is 57.9 Å². The number of esters is 13. The van der Waals surface area contributed by atoms with Gasteiger partial charge in [-0.2, -0.15) is 0 Å². The minimum Gasteiger partial charge on any atom is -0.465 e. The lowest BCUT2D eigenvalue weighted by atomic mass is 9.87. The van der Waals surface area contributed by atoms with E-state index in [0.29, 0.717) is 11.6 Å². The Morgan fingerprint density at radius 2 is 0.911 bits per heavy atom. The van der Waals surface area contributed by atoms with Gasteiger partial charge in [-0.1, -0.05) is 68.2 Å². The van der Waals surface area contributed by atoms with Crippen LogP contribution in [0.1, 0.15) is 105 Å². The van der Waals surface area contributed by atoms with Crippen molar-refractivity contribution in [3.63, 3.8) is 0 Å². The van der Waals surface area contributed by atoms with Crippen molar-refractivity contribution in [1.29, 1.82) is 0 Å². The minimum atomic E-state index is -3.33. The molecule has 0 radical (unpaired) electrons. The summed E-state index contributed by atoms with van der Waals surface area (Å²) in [5.41, 5.74) is 0.238. The number of hydrogen-bond acceptors (Lipinski definition) is 40. The average Bonchev–Trinajstić information content (AvgIpc) is 0.744. The molecule has 0 saturated carbocycles. The van der Waals surface area contributed by atoms with E-state index in [9.17, 15) is 67.1 Å². The van der Waals surface area contributed by atoms with Crippen LogP contribution in [0.3, 0.4) is 0 Å². The van der Waals surface area contributed by atoms with Crippen LogP contribution in [0, 0.1) is 0 Å². The van der Waals surface area contributed by atoms with Gasteiger partial charge in [-0.05, 0) is 23.7 Å². The maximum atomic E-state index is 15.9. The summed E-state index contributed by atoms with van der Waals surface area (Å²) < 4.78 is 147. The molecular weight excluding hydrogens is 1660 g/mol. The topological polar surface area (TPSA) is 531 Å². The zero-order valence-electron chi connectivity index (χ0n) is 71.4. The number of amides is 3. The number of rotatable bonds is 42. The molecule has 0 unspecified atom stereocenters. The number of carbonyl (C=O) groups is 16. The van der Waals surface area contributed by atoms with Gasteiger partial charge in [-0.15, -0.1) is 0 Å². The third kappa shape index (κ3) is 30.6. The van der Waals surface area contributed by atoms with Crippen LogP contribution >= 0.6 is 0 Å². The van der Waals surface area contributed by atoms with Crippen LogP contribution < -0.4 is 16.0 Å². The van der Waals surface area contributed by atoms with Crippen LogP contribution in [0.2, 0.25) is 25.7 Å². The second-order valence-corrected chi connectivity index (χ2v) is 35.4. The van der Waals surface area contributed by atoms with Crippen LogP contribution in [0.25, 0.3) is 0 Å². The third-order valence-corrected chi connectivity index (χ3v) is 20.5. The van der Waals surface area contributed by atoms with E-state index in [4.69, 9.17) is 114 Å². The number of benzene rings is 2. The molecule has 2 aromatic rings. The first-order valence-electron chi connectivity index (χ1n) is 38.7. The predicted octanol–water partition coefficient (Wildman–Crippen LogP) is 0.684. The highest BCUT2D eigenvalue weighted by atomic mass is 28.3. The molecule has 3 amide bonds. The average molecular weight is 1770 g/mol. The van der Waals surface area contributed by atoms with E-state index in [1.54, 1.807) is 36.4 Å². The Hall–Kier alpha value is -10.3. The highest BCUT2D eigenvalue weighted by Gasteiger charge is 2.66. The van der Waals surface area contributed by atoms with Crippen molar-refractivity contribution in [2.45, 2.75) is 255 Å². The van der Waals surface area contributed by atoms with Crippen molar-refractivity contribution in [1.82, 2.24) is 16.0 Å². The number of carbonyl (C=O) groups excluding carboxylic acids is 16. The Bertz CT molecular complexity index is 3980. The third-order valence-electron chi connectivity index (χ3n) is 18.8. The van der Waals surface area contributed by atoms with E-state index in [1.807, 2.05) is 19.6 Å². The van der Waals surface area contributed by atoms with Gasteiger partial charge >= 0.3 is 77.6 Å². The largest absolute Gasteiger partial charge is 0.465 e. The van der Waals surface area contributed by atoms with Gasteiger partial charge in [-0.25, -0.2) is 14.4 Å². The first-order chi connectivity index (χ1) is 58.0. The lowest BCUT2D eigenvalue weighted by Crippen LogP contribution is -2.74. The van der Waals surface area contributed by atoms with Gasteiger partial charge in [0.2, 0.25) is 5.91 Å². The molecule has 0 aliphatic carbocycles. The Balaban J connectivity index is 1.82. The lowest BCUT2D eigenvalue weighted by molar-refractivity contribution is -0.381. The van der Waals surface area contributed by atoms with Crippen molar-refractivity contribution in [3.05, 3.63) is 71.8 Å². The maximum Gasteiger partial charge on any atom is 0.366 e. The molecule has 3 N–H and O–H groups in total. The molecule has 4 heterocycles. The highest BCUT2D eigenvalue weighted by Crippen LogP contribution is 2.44. The number of hydrogen-bond donors (Lipinski definition) is 3. The number of methoxy groups -OCH3 is 4. The smallest absolute Gasteiger partial charge is 0.366 e. The molecule has 44 heteroatoms. The van der Waals surface area contributed by atoms with Crippen LogP contribution in [0.15, 0.2) is 60.7 Å². The Morgan fingerprint density at radius 1 is 0.455 bits per heavy atom. The number of ether oxygens (including phenoxy) is 24. The molecule has 43 nitrogen and oxygen atoms in total. The van der Waals surface area contributed by atoms with Crippen molar-refractivity contribution < 1.29 is 190 Å². The molecular formula is C79H109N3O40Si. The fourth-order valence-corrected chi connectivity index (χ4v) is 14.3. The molecule has 2 aromatic carbocycles. The molecule has 684 valence electrons. The first kappa shape index (κ1) is 102. The zero-order chi connectivity index (χ0) is 91.4. The molecule has 4 saturated heterocycles. The summed E-state index contributed by atoms with van der Waals surface area (Å²) in [5.74, 6) is -24.2. The molecule has 4 aliphatic heterocycles. The van der Waals surface area contributed by atoms with Crippen molar-refractivity contribution in [2.24, 2.45) is 0 Å². The summed E-state index contributed by atoms with van der Waals surface area (Å²) in [5, 5.41) is 7.79. The standard InChI is InChI=1S/C79H109N3O40Si/c1-40(83)80-63-70(122-79(77(98)102-15)32-54(112-47(8)90)62(82-60(95)39-108-45(6)88)69(121-79)66(114-49(10)92)56(100-13)35-105-42(3)85)64(109-33-51-25-21-19-22-26-51)58(116-74(63)119-71-67(115-50(11)93)57(36-106-43(4)86)117-75(103-29-30-123(16,17)18)72(71)118-73(96)52-27-23-20-24-28-52)37-110-78(76(97)101-14)31-53(111-46(7)89)61(81-59(94)38-107-44(5)87)68(120-78)65(113-48(9)91)55(99-12)34-104-41(2)84/h19-28,53-58,61-72,74-75H,29-39H2,1-18H3,(H,80,83)(H,81,94)(H,82,95)/t53-,54-,55+,56+,57+,58+,61+,62+,63+,64-,65+,66+,67-,68+,69+,70+,71-,72+,74-,75+,78+,79-/m0/s1. The molecule has 0 bridgehead atoms. The normalized spacial score (nSPS) is 27.1. The number of nitrogens with one attached hydrogen (secondary N) is 3. The van der Waals surface area contributed by atoms with Crippen LogP contribution in [-0.2, 0) is 192 Å². The van der Waals surface area contributed by atoms with Crippen LogP contribution in [-0.4, -0.2) is 312 Å². The highest BCUT2D eigenvalue weighted by molar-refractivity contribution is 6.76. The molecule has 123 heavy (non-hydrogen) atoms. The van der Waals surface area contributed by atoms with Crippen LogP contribution in [0.4, 0.5) is 0 Å². The molecule has 6 rings (SSSR count). The van der Waals surface area contributed by atoms with Gasteiger partial charge in [0.15, 0.2) is 50.2 Å². The molecule has 0 spiro atoms. The monoisotopic (exact) mass is 1770 g/mol. The van der Waals surface area contributed by atoms with E-state index in [-0.39, 0.29) is 12.2 Å². The summed E-state index contributed by atoms with van der Waals surface area (Å²) in [7, 11) is 1.73. The van der Waals surface area contributed by atoms with Gasteiger partial charge in [-0.3, -0.25) is 62.3 Å². The van der Waals surface area contributed by atoms with E-state index in [1.165, 1.54) is 24.3 Å². The lowest BCUT2D eigenvalue weighted by Gasteiger charge is -2.53. The van der Waals surface area contributed by atoms with Crippen molar-refractivity contribution >= 4 is 103 Å². The summed E-state index contributed by atoms with van der Waals surface area (Å²) in [4.78, 5) is 220. The maximum absolute atomic E-state index is 15.9. The second-order valence-electron chi connectivity index (χ2n) is 29.8. The Kier molecular flexibility index (Phi) is 39.3. The fraction of sp³-hybridized carbons (Fsp3) is 0.646. The molecule has 22 atom stereocenters. The van der Waals surface area contributed by atoms with Gasteiger partial charge in [0.1, 0.15) is 93.0 Å². The van der Waals surface area contributed by atoms with Gasteiger partial charge < -0.3 is 130 Å². The minimum absolute atomic E-state index is 0.0896. The van der Waals surface area contributed by atoms with E-state index < -0.39 is 296 Å². The summed E-state index contributed by atoms with van der Waals surface area (Å²) in [6.07, 6.45) is -36.7. The fourth-order valence-electron chi connectivity index (χ4n) is 13.6. The zero-order valence-corrected chi connectivity index (χ0v) is 72.4. The van der Waals surface area contributed by atoms with E-state index in [0.717, 1.165) is 105 Å². The predicted molar refractivity (Wildman–Crippen MR) is 410 cm³/mol.